The summed E-state index contributed by atoms with van der Waals surface area (Å²) in [6.45, 7) is 6.42. The second-order valence-corrected chi connectivity index (χ2v) is 10.3. The maximum absolute atomic E-state index is 13.5. The van der Waals surface area contributed by atoms with Crippen molar-refractivity contribution in [1.82, 2.24) is 14.1 Å². The van der Waals surface area contributed by atoms with E-state index in [0.29, 0.717) is 22.8 Å². The summed E-state index contributed by atoms with van der Waals surface area (Å²) in [6, 6.07) is 6.36. The molecule has 0 aliphatic carbocycles. The van der Waals surface area contributed by atoms with Gasteiger partial charge in [-0.15, -0.1) is 11.3 Å². The minimum Gasteiger partial charge on any atom is -0.486 e. The number of alkyl halides is 3. The van der Waals surface area contributed by atoms with Crippen molar-refractivity contribution in [3.8, 4) is 5.75 Å². The van der Waals surface area contributed by atoms with Gasteiger partial charge in [-0.05, 0) is 35.7 Å². The Morgan fingerprint density at radius 3 is 2.61 bits per heavy atom. The second-order valence-electron chi connectivity index (χ2n) is 9.25. The summed E-state index contributed by atoms with van der Waals surface area (Å²) in [7, 11) is 1.77. The first-order valence-corrected chi connectivity index (χ1v) is 11.8. The summed E-state index contributed by atoms with van der Waals surface area (Å²) in [4.78, 5) is 22.8. The van der Waals surface area contributed by atoms with Gasteiger partial charge in [0.05, 0.1) is 42.2 Å². The van der Waals surface area contributed by atoms with E-state index in [4.69, 9.17) is 9.15 Å². The predicted molar refractivity (Wildman–Crippen MR) is 128 cm³/mol. The molecule has 1 amide bonds. The highest BCUT2D eigenvalue weighted by atomic mass is 32.1. The van der Waals surface area contributed by atoms with Gasteiger partial charge in [0.2, 0.25) is 0 Å². The third-order valence-electron chi connectivity index (χ3n) is 5.39. The van der Waals surface area contributed by atoms with Crippen LogP contribution in [0, 0.1) is 0 Å². The number of hydrogen-bond acceptors (Lipinski definition) is 5. The lowest BCUT2D eigenvalue weighted by molar-refractivity contribution is -0.137. The SMILES string of the molecule is Cn1cncc1COc1ccc(C(F)(F)F)cc1C(=O)N=c1sc(C(C)(C)C)cn1Cc1ccco1. The van der Waals surface area contributed by atoms with Crippen molar-refractivity contribution >= 4 is 17.2 Å². The molecule has 0 unspecified atom stereocenters. The van der Waals surface area contributed by atoms with E-state index in [1.165, 1.54) is 11.3 Å². The molecule has 0 atom stereocenters. The molecule has 0 N–H and O–H groups in total. The zero-order valence-electron chi connectivity index (χ0n) is 20.2. The van der Waals surface area contributed by atoms with Crippen LogP contribution in [-0.2, 0) is 31.8 Å². The molecule has 0 radical (unpaired) electrons. The van der Waals surface area contributed by atoms with Crippen LogP contribution in [0.3, 0.4) is 0 Å². The van der Waals surface area contributed by atoms with Crippen LogP contribution in [0.5, 0.6) is 5.75 Å². The van der Waals surface area contributed by atoms with Crippen LogP contribution in [0.25, 0.3) is 0 Å². The van der Waals surface area contributed by atoms with Crippen molar-refractivity contribution in [3.05, 3.63) is 87.6 Å². The van der Waals surface area contributed by atoms with E-state index in [1.54, 1.807) is 47.1 Å². The molecule has 0 spiro atoms. The molecule has 0 aliphatic heterocycles. The zero-order valence-corrected chi connectivity index (χ0v) is 21.0. The predicted octanol–water partition coefficient (Wildman–Crippen LogP) is 5.56. The molecule has 0 fully saturated rings. The highest BCUT2D eigenvalue weighted by molar-refractivity contribution is 7.09. The Balaban J connectivity index is 1.76. The standard InChI is InChI=1S/C25H25F3N4O3S/c1-24(2,3)21-13-32(12-18-6-5-9-34-18)23(36-21)30-22(33)19-10-16(25(26,27)28)7-8-20(19)35-14-17-11-29-15-31(17)4/h5-11,13,15H,12,14H2,1-4H3. The fourth-order valence-electron chi connectivity index (χ4n) is 3.32. The quantitative estimate of drug-likeness (QED) is 0.335. The highest BCUT2D eigenvalue weighted by Crippen LogP contribution is 2.33. The van der Waals surface area contributed by atoms with E-state index in [2.05, 4.69) is 9.98 Å². The molecule has 11 heteroatoms. The lowest BCUT2D eigenvalue weighted by Crippen LogP contribution is -2.17. The molecule has 1 aromatic carbocycles. The first kappa shape index (κ1) is 25.5. The van der Waals surface area contributed by atoms with Crippen molar-refractivity contribution in [2.24, 2.45) is 12.0 Å². The Kier molecular flexibility index (Phi) is 6.94. The maximum Gasteiger partial charge on any atom is 0.416 e. The van der Waals surface area contributed by atoms with E-state index in [9.17, 15) is 18.0 Å². The van der Waals surface area contributed by atoms with E-state index in [1.807, 2.05) is 27.0 Å². The number of hydrogen-bond donors (Lipinski definition) is 0. The van der Waals surface area contributed by atoms with E-state index in [-0.39, 0.29) is 23.3 Å². The molecule has 4 aromatic rings. The normalized spacial score (nSPS) is 12.8. The van der Waals surface area contributed by atoms with Gasteiger partial charge < -0.3 is 18.3 Å². The number of carbonyl (C=O) groups is 1. The second kappa shape index (κ2) is 9.81. The number of ether oxygens (including phenoxy) is 1. The summed E-state index contributed by atoms with van der Waals surface area (Å²) in [5.41, 5.74) is -0.768. The van der Waals surface area contributed by atoms with Crippen molar-refractivity contribution in [2.75, 3.05) is 0 Å². The third-order valence-corrected chi connectivity index (χ3v) is 6.84. The lowest BCUT2D eigenvalue weighted by Gasteiger charge is -2.14. The average Bonchev–Trinajstić information content (AvgIpc) is 3.54. The highest BCUT2D eigenvalue weighted by Gasteiger charge is 2.32. The topological polar surface area (TPSA) is 74.6 Å². The zero-order chi connectivity index (χ0) is 26.1. The number of carbonyl (C=O) groups excluding carboxylic acids is 1. The van der Waals surface area contributed by atoms with Gasteiger partial charge in [0.1, 0.15) is 18.1 Å². The summed E-state index contributed by atoms with van der Waals surface area (Å²) in [5, 5.41) is 0. The number of aryl methyl sites for hydroxylation is 1. The Hall–Kier alpha value is -3.60. The van der Waals surface area contributed by atoms with Crippen molar-refractivity contribution in [1.29, 1.82) is 0 Å². The minimum atomic E-state index is -4.63. The molecule has 190 valence electrons. The average molecular weight is 519 g/mol. The number of aromatic nitrogens is 3. The molecule has 0 saturated heterocycles. The van der Waals surface area contributed by atoms with Gasteiger partial charge in [-0.25, -0.2) is 4.98 Å². The van der Waals surface area contributed by atoms with Crippen molar-refractivity contribution in [3.63, 3.8) is 0 Å². The number of thiazole rings is 1. The number of rotatable bonds is 6. The fraction of sp³-hybridized carbons (Fsp3) is 0.320. The van der Waals surface area contributed by atoms with Crippen LogP contribution in [0.4, 0.5) is 13.2 Å². The van der Waals surface area contributed by atoms with Gasteiger partial charge in [0.25, 0.3) is 5.91 Å². The van der Waals surface area contributed by atoms with Gasteiger partial charge >= 0.3 is 6.18 Å². The van der Waals surface area contributed by atoms with E-state index >= 15 is 0 Å². The first-order chi connectivity index (χ1) is 16.9. The van der Waals surface area contributed by atoms with Gasteiger partial charge in [-0.1, -0.05) is 20.8 Å². The largest absolute Gasteiger partial charge is 0.486 e. The van der Waals surface area contributed by atoms with Crippen molar-refractivity contribution < 1.29 is 27.1 Å². The van der Waals surface area contributed by atoms with Crippen LogP contribution < -0.4 is 9.54 Å². The number of nitrogens with zero attached hydrogens (tertiary/aromatic N) is 4. The molecule has 4 rings (SSSR count). The Morgan fingerprint density at radius 2 is 2.00 bits per heavy atom. The summed E-state index contributed by atoms with van der Waals surface area (Å²) >= 11 is 1.30. The summed E-state index contributed by atoms with van der Waals surface area (Å²) < 4.78 is 55.0. The van der Waals surface area contributed by atoms with Crippen molar-refractivity contribution in [2.45, 2.75) is 45.5 Å². The molecule has 7 nitrogen and oxygen atoms in total. The Bertz CT molecular complexity index is 1420. The van der Waals surface area contributed by atoms with Crippen LogP contribution in [-0.4, -0.2) is 20.0 Å². The molecule has 3 heterocycles. The van der Waals surface area contributed by atoms with E-state index in [0.717, 1.165) is 23.1 Å². The number of amides is 1. The fourth-order valence-corrected chi connectivity index (χ4v) is 4.37. The van der Waals surface area contributed by atoms with E-state index < -0.39 is 17.6 Å². The monoisotopic (exact) mass is 518 g/mol. The molecular weight excluding hydrogens is 493 g/mol. The van der Waals surface area contributed by atoms with Crippen LogP contribution in [0.1, 0.15) is 53.0 Å². The minimum absolute atomic E-state index is 0.00290. The molecule has 0 saturated carbocycles. The smallest absolute Gasteiger partial charge is 0.416 e. The van der Waals surface area contributed by atoms with Gasteiger partial charge in [0.15, 0.2) is 4.80 Å². The third kappa shape index (κ3) is 5.78. The van der Waals surface area contributed by atoms with Gasteiger partial charge in [-0.3, -0.25) is 4.79 Å². The first-order valence-electron chi connectivity index (χ1n) is 11.0. The summed E-state index contributed by atoms with van der Waals surface area (Å²) in [5.74, 6) is -0.179. The maximum atomic E-state index is 13.5. The van der Waals surface area contributed by atoms with Crippen LogP contribution >= 0.6 is 11.3 Å². The van der Waals surface area contributed by atoms with Crippen LogP contribution in [0.2, 0.25) is 0 Å². The Labute approximate surface area is 209 Å². The number of halogens is 3. The van der Waals surface area contributed by atoms with Gasteiger partial charge in [0, 0.05) is 18.1 Å². The number of imidazole rings is 1. The lowest BCUT2D eigenvalue weighted by atomic mass is 9.95. The molecule has 36 heavy (non-hydrogen) atoms. The number of furan rings is 1. The Morgan fingerprint density at radius 1 is 1.22 bits per heavy atom. The summed E-state index contributed by atoms with van der Waals surface area (Å²) in [6.07, 6.45) is 1.95. The molecule has 0 bridgehead atoms. The van der Waals surface area contributed by atoms with Crippen LogP contribution in [0.15, 0.2) is 64.7 Å². The molecule has 3 aromatic heterocycles. The number of benzene rings is 1. The molecule has 0 aliphatic rings. The molecular formula is C25H25F3N4O3S. The van der Waals surface area contributed by atoms with Gasteiger partial charge in [-0.2, -0.15) is 18.2 Å².